The zero-order chi connectivity index (χ0) is 30.1. The van der Waals surface area contributed by atoms with Gasteiger partial charge in [0.1, 0.15) is 22.1 Å². The molecule has 12 heteroatoms. The molecule has 43 heavy (non-hydrogen) atoms. The summed E-state index contributed by atoms with van der Waals surface area (Å²) in [4.78, 5) is 18.0. The molecule has 10 nitrogen and oxygen atoms in total. The molecule has 1 fully saturated rings. The van der Waals surface area contributed by atoms with Crippen molar-refractivity contribution >= 4 is 21.4 Å². The van der Waals surface area contributed by atoms with E-state index in [0.29, 0.717) is 25.2 Å². The monoisotopic (exact) mass is 601 g/mol. The SMILES string of the molecule is COc1cc(F)ccc1S(=O)(=O)N1CCN(Cc2c(-c3ccccc3)nc3ccc(-c4cccc([N+](=O)[O-])c4)cn23)CC1. The van der Waals surface area contributed by atoms with Gasteiger partial charge in [0.15, 0.2) is 0 Å². The summed E-state index contributed by atoms with van der Waals surface area (Å²) in [6.07, 6.45) is 1.94. The van der Waals surface area contributed by atoms with Crippen molar-refractivity contribution in [3.05, 3.63) is 113 Å². The second kappa shape index (κ2) is 11.6. The van der Waals surface area contributed by atoms with Crippen LogP contribution in [0.4, 0.5) is 10.1 Å². The minimum absolute atomic E-state index is 0.0134. The summed E-state index contributed by atoms with van der Waals surface area (Å²) in [6.45, 7) is 1.93. The predicted octanol–water partition coefficient (Wildman–Crippen LogP) is 5.23. The summed E-state index contributed by atoms with van der Waals surface area (Å²) in [5.74, 6) is -0.600. The van der Waals surface area contributed by atoms with Gasteiger partial charge in [0, 0.05) is 62.7 Å². The van der Waals surface area contributed by atoms with Crippen molar-refractivity contribution in [2.45, 2.75) is 11.4 Å². The van der Waals surface area contributed by atoms with Crippen molar-refractivity contribution in [1.29, 1.82) is 0 Å². The highest BCUT2D eigenvalue weighted by molar-refractivity contribution is 7.89. The fraction of sp³-hybridized carbons (Fsp3) is 0.194. The molecule has 6 rings (SSSR count). The van der Waals surface area contributed by atoms with Crippen molar-refractivity contribution < 1.29 is 22.5 Å². The Morgan fingerprint density at radius 1 is 0.907 bits per heavy atom. The first-order chi connectivity index (χ1) is 20.7. The number of imidazole rings is 1. The van der Waals surface area contributed by atoms with E-state index in [4.69, 9.17) is 9.72 Å². The third kappa shape index (κ3) is 5.59. The minimum Gasteiger partial charge on any atom is -0.495 e. The van der Waals surface area contributed by atoms with Crippen LogP contribution in [0, 0.1) is 15.9 Å². The zero-order valence-corrected chi connectivity index (χ0v) is 24.1. The second-order valence-electron chi connectivity index (χ2n) is 10.2. The van der Waals surface area contributed by atoms with Crippen molar-refractivity contribution in [2.24, 2.45) is 0 Å². The van der Waals surface area contributed by atoms with Gasteiger partial charge >= 0.3 is 0 Å². The molecule has 0 atom stereocenters. The van der Waals surface area contributed by atoms with Crippen LogP contribution in [0.5, 0.6) is 5.75 Å². The van der Waals surface area contributed by atoms with E-state index in [9.17, 15) is 22.9 Å². The Kier molecular flexibility index (Phi) is 7.65. The molecule has 220 valence electrons. The Morgan fingerprint density at radius 3 is 2.37 bits per heavy atom. The normalized spacial score (nSPS) is 14.7. The number of ether oxygens (including phenoxy) is 1. The summed E-state index contributed by atoms with van der Waals surface area (Å²) in [5, 5.41) is 11.4. The molecular weight excluding hydrogens is 573 g/mol. The van der Waals surface area contributed by atoms with Gasteiger partial charge in [0.25, 0.3) is 5.69 Å². The number of hydrogen-bond donors (Lipinski definition) is 0. The van der Waals surface area contributed by atoms with Crippen LogP contribution in [0.3, 0.4) is 0 Å². The average molecular weight is 602 g/mol. The first-order valence-electron chi connectivity index (χ1n) is 13.6. The number of nitro groups is 1. The third-order valence-electron chi connectivity index (χ3n) is 7.60. The molecule has 0 saturated carbocycles. The highest BCUT2D eigenvalue weighted by atomic mass is 32.2. The number of non-ortho nitro benzene ring substituents is 1. The number of piperazine rings is 1. The van der Waals surface area contributed by atoms with Crippen molar-refractivity contribution in [3.8, 4) is 28.1 Å². The van der Waals surface area contributed by atoms with Gasteiger partial charge in [-0.15, -0.1) is 0 Å². The van der Waals surface area contributed by atoms with Crippen LogP contribution in [0.15, 0.2) is 96.0 Å². The second-order valence-corrected chi connectivity index (χ2v) is 12.1. The van der Waals surface area contributed by atoms with E-state index in [1.807, 2.05) is 59.1 Å². The molecule has 1 aliphatic rings. The molecule has 3 heterocycles. The lowest BCUT2D eigenvalue weighted by Gasteiger charge is -2.34. The Balaban J connectivity index is 1.31. The maximum Gasteiger partial charge on any atom is 0.270 e. The van der Waals surface area contributed by atoms with Crippen LogP contribution in [0.2, 0.25) is 0 Å². The Hall–Kier alpha value is -4.65. The Labute approximate surface area is 247 Å². The lowest BCUT2D eigenvalue weighted by Crippen LogP contribution is -2.48. The molecule has 1 saturated heterocycles. The topological polar surface area (TPSA) is 110 Å². The van der Waals surface area contributed by atoms with Gasteiger partial charge in [-0.2, -0.15) is 4.31 Å². The van der Waals surface area contributed by atoms with E-state index in [2.05, 4.69) is 4.90 Å². The summed E-state index contributed by atoms with van der Waals surface area (Å²) < 4.78 is 49.1. The van der Waals surface area contributed by atoms with E-state index < -0.39 is 20.8 Å². The predicted molar refractivity (Wildman–Crippen MR) is 160 cm³/mol. The number of nitro benzene ring substituents is 1. The highest BCUT2D eigenvalue weighted by Crippen LogP contribution is 2.31. The van der Waals surface area contributed by atoms with E-state index in [0.717, 1.165) is 40.3 Å². The number of nitrogens with zero attached hydrogens (tertiary/aromatic N) is 5. The summed E-state index contributed by atoms with van der Waals surface area (Å²) in [7, 11) is -2.57. The molecule has 0 amide bonds. The lowest BCUT2D eigenvalue weighted by atomic mass is 10.1. The molecule has 0 aliphatic carbocycles. The van der Waals surface area contributed by atoms with Crippen molar-refractivity contribution in [3.63, 3.8) is 0 Å². The fourth-order valence-electron chi connectivity index (χ4n) is 5.37. The number of rotatable bonds is 8. The molecule has 1 aliphatic heterocycles. The van der Waals surface area contributed by atoms with Crippen LogP contribution in [-0.2, 0) is 16.6 Å². The van der Waals surface area contributed by atoms with Crippen LogP contribution in [0.25, 0.3) is 28.0 Å². The van der Waals surface area contributed by atoms with Crippen LogP contribution in [0.1, 0.15) is 5.69 Å². The smallest absolute Gasteiger partial charge is 0.270 e. The van der Waals surface area contributed by atoms with Gasteiger partial charge in [-0.25, -0.2) is 17.8 Å². The maximum absolute atomic E-state index is 13.7. The number of aromatic nitrogens is 2. The molecule has 3 aromatic carbocycles. The Bertz CT molecular complexity index is 1920. The van der Waals surface area contributed by atoms with Crippen LogP contribution in [-0.4, -0.2) is 65.2 Å². The maximum atomic E-state index is 13.7. The van der Waals surface area contributed by atoms with Gasteiger partial charge < -0.3 is 9.14 Å². The van der Waals surface area contributed by atoms with Crippen molar-refractivity contribution in [2.75, 3.05) is 33.3 Å². The molecule has 0 bridgehead atoms. The lowest BCUT2D eigenvalue weighted by molar-refractivity contribution is -0.384. The molecular formula is C31H28FN5O5S. The molecule has 5 aromatic rings. The third-order valence-corrected chi connectivity index (χ3v) is 9.54. The largest absolute Gasteiger partial charge is 0.495 e. The molecule has 0 unspecified atom stereocenters. The number of fused-ring (bicyclic) bond motifs is 1. The number of benzene rings is 3. The van der Waals surface area contributed by atoms with E-state index >= 15 is 0 Å². The van der Waals surface area contributed by atoms with Gasteiger partial charge in [-0.05, 0) is 35.4 Å². The highest BCUT2D eigenvalue weighted by Gasteiger charge is 2.31. The van der Waals surface area contributed by atoms with Gasteiger partial charge in [-0.1, -0.05) is 42.5 Å². The van der Waals surface area contributed by atoms with E-state index in [-0.39, 0.29) is 29.4 Å². The van der Waals surface area contributed by atoms with Gasteiger partial charge in [0.05, 0.1) is 23.4 Å². The number of halogens is 1. The standard InChI is InChI=1S/C31H28FN5O5S/c1-42-28-19-25(32)11-12-29(28)43(40,41)35-16-14-34(15-17-35)21-27-31(22-6-3-2-4-7-22)33-30-13-10-24(20-36(27)30)23-8-5-9-26(18-23)37(38)39/h2-13,18-20H,14-17,21H2,1H3. The quantitative estimate of drug-likeness (QED) is 0.177. The summed E-state index contributed by atoms with van der Waals surface area (Å²) >= 11 is 0. The number of sulfonamides is 1. The minimum atomic E-state index is -3.89. The molecule has 0 spiro atoms. The average Bonchev–Trinajstić information content (AvgIpc) is 3.39. The first kappa shape index (κ1) is 28.5. The van der Waals surface area contributed by atoms with Crippen LogP contribution >= 0.6 is 0 Å². The van der Waals surface area contributed by atoms with Crippen molar-refractivity contribution in [1.82, 2.24) is 18.6 Å². The molecule has 0 N–H and O–H groups in total. The van der Waals surface area contributed by atoms with Gasteiger partial charge in [-0.3, -0.25) is 15.0 Å². The number of pyridine rings is 1. The zero-order valence-electron chi connectivity index (χ0n) is 23.3. The Morgan fingerprint density at radius 2 is 1.65 bits per heavy atom. The van der Waals surface area contributed by atoms with E-state index in [1.165, 1.54) is 23.5 Å². The van der Waals surface area contributed by atoms with Crippen LogP contribution < -0.4 is 4.74 Å². The molecule has 2 aromatic heterocycles. The number of hydrogen-bond acceptors (Lipinski definition) is 7. The molecule has 0 radical (unpaired) electrons. The van der Waals surface area contributed by atoms with E-state index in [1.54, 1.807) is 12.1 Å². The summed E-state index contributed by atoms with van der Waals surface area (Å²) in [6, 6.07) is 23.5. The fourth-order valence-corrected chi connectivity index (χ4v) is 6.93. The van der Waals surface area contributed by atoms with Gasteiger partial charge in [0.2, 0.25) is 10.0 Å². The summed E-state index contributed by atoms with van der Waals surface area (Å²) in [5.41, 5.74) is 4.94. The number of methoxy groups -OCH3 is 1. The first-order valence-corrected chi connectivity index (χ1v) is 15.1.